The van der Waals surface area contributed by atoms with Crippen molar-refractivity contribution in [3.63, 3.8) is 0 Å². The minimum absolute atomic E-state index is 0.124. The number of aliphatic hydroxyl groups excluding tert-OH is 1. The van der Waals surface area contributed by atoms with Crippen LogP contribution in [0.2, 0.25) is 0 Å². The van der Waals surface area contributed by atoms with E-state index in [1.165, 1.54) is 0 Å². The summed E-state index contributed by atoms with van der Waals surface area (Å²) >= 11 is 0. The Labute approximate surface area is 84.0 Å². The van der Waals surface area contributed by atoms with Crippen LogP contribution >= 0.6 is 0 Å². The second-order valence-corrected chi connectivity index (χ2v) is 4.01. The number of nitrogens with zero attached hydrogens (tertiary/aromatic N) is 1. The van der Waals surface area contributed by atoms with Crippen LogP contribution < -0.4 is 11.1 Å². The maximum absolute atomic E-state index is 9.56. The van der Waals surface area contributed by atoms with Crippen molar-refractivity contribution in [3.05, 3.63) is 0 Å². The van der Waals surface area contributed by atoms with Crippen LogP contribution in [0.5, 0.6) is 0 Å². The van der Waals surface area contributed by atoms with E-state index in [4.69, 9.17) is 10.9 Å². The lowest BCUT2D eigenvalue weighted by Gasteiger charge is -2.16. The number of oxime groups is 1. The Bertz CT molecular complexity index is 204. The van der Waals surface area contributed by atoms with E-state index in [-0.39, 0.29) is 18.0 Å². The summed E-state index contributed by atoms with van der Waals surface area (Å²) in [6, 6.07) is 0.124. The zero-order valence-corrected chi connectivity index (χ0v) is 8.48. The molecular weight excluding hydrogens is 182 g/mol. The van der Waals surface area contributed by atoms with Crippen molar-refractivity contribution in [3.8, 4) is 0 Å². The van der Waals surface area contributed by atoms with Crippen molar-refractivity contribution in [1.82, 2.24) is 5.32 Å². The molecule has 2 unspecified atom stereocenters. The molecule has 0 bridgehead atoms. The fourth-order valence-corrected chi connectivity index (χ4v) is 1.40. The Morgan fingerprint density at radius 2 is 2.29 bits per heavy atom. The predicted octanol–water partition coefficient (Wildman–Crippen LogP) is -0.128. The highest BCUT2D eigenvalue weighted by atomic mass is 16.4. The lowest BCUT2D eigenvalue weighted by atomic mass is 10.2. The highest BCUT2D eigenvalue weighted by molar-refractivity contribution is 5.80. The third-order valence-corrected chi connectivity index (χ3v) is 2.49. The zero-order valence-electron chi connectivity index (χ0n) is 8.48. The Kier molecular flexibility index (Phi) is 4.16. The zero-order chi connectivity index (χ0) is 10.6. The Morgan fingerprint density at radius 1 is 1.64 bits per heavy atom. The van der Waals surface area contributed by atoms with Gasteiger partial charge in [0.1, 0.15) is 5.84 Å². The van der Waals surface area contributed by atoms with Crippen LogP contribution in [0.1, 0.15) is 26.2 Å². The fraction of sp³-hybridized carbons (Fsp3) is 0.889. The van der Waals surface area contributed by atoms with Gasteiger partial charge in [0.05, 0.1) is 6.10 Å². The van der Waals surface area contributed by atoms with Gasteiger partial charge in [-0.1, -0.05) is 5.16 Å². The molecule has 82 valence electrons. The molecule has 0 aromatic carbocycles. The molecule has 0 heterocycles. The van der Waals surface area contributed by atoms with Crippen molar-refractivity contribution in [2.45, 2.75) is 38.3 Å². The first kappa shape index (κ1) is 11.3. The summed E-state index contributed by atoms with van der Waals surface area (Å²) in [5.74, 6) is 0.699. The molecule has 2 atom stereocenters. The van der Waals surface area contributed by atoms with Gasteiger partial charge in [0.15, 0.2) is 0 Å². The van der Waals surface area contributed by atoms with Crippen LogP contribution in [0.15, 0.2) is 5.16 Å². The molecule has 0 aromatic rings. The van der Waals surface area contributed by atoms with Gasteiger partial charge in [-0.3, -0.25) is 0 Å². The minimum atomic E-state index is -0.246. The maximum atomic E-state index is 9.56. The van der Waals surface area contributed by atoms with Crippen molar-refractivity contribution in [2.75, 3.05) is 6.54 Å². The molecular formula is C9H19N3O2. The molecule has 0 spiro atoms. The van der Waals surface area contributed by atoms with Gasteiger partial charge in [0, 0.05) is 19.0 Å². The molecule has 0 amide bonds. The molecule has 5 N–H and O–H groups in total. The summed E-state index contributed by atoms with van der Waals surface area (Å²) in [5.41, 5.74) is 5.35. The van der Waals surface area contributed by atoms with Crippen LogP contribution in [-0.4, -0.2) is 34.8 Å². The summed E-state index contributed by atoms with van der Waals surface area (Å²) in [6.45, 7) is 2.53. The number of hydrogen-bond acceptors (Lipinski definition) is 4. The summed E-state index contributed by atoms with van der Waals surface area (Å²) in [6.07, 6.45) is 2.52. The van der Waals surface area contributed by atoms with Crippen LogP contribution in [0, 0.1) is 5.92 Å². The van der Waals surface area contributed by atoms with Gasteiger partial charge >= 0.3 is 0 Å². The topological polar surface area (TPSA) is 90.9 Å². The Hall–Kier alpha value is -0.810. The second kappa shape index (κ2) is 5.17. The molecule has 0 aliphatic heterocycles. The van der Waals surface area contributed by atoms with Gasteiger partial charge < -0.3 is 21.4 Å². The summed E-state index contributed by atoms with van der Waals surface area (Å²) in [4.78, 5) is 0. The van der Waals surface area contributed by atoms with Crippen LogP contribution in [0.3, 0.4) is 0 Å². The molecule has 0 aromatic heterocycles. The molecule has 1 aliphatic rings. The van der Waals surface area contributed by atoms with E-state index in [2.05, 4.69) is 10.5 Å². The van der Waals surface area contributed by atoms with E-state index in [1.807, 2.05) is 6.92 Å². The van der Waals surface area contributed by atoms with E-state index in [9.17, 15) is 5.11 Å². The summed E-state index contributed by atoms with van der Waals surface area (Å²) in [5, 5.41) is 23.9. The highest BCUT2D eigenvalue weighted by Crippen LogP contribution is 2.32. The first-order chi connectivity index (χ1) is 6.63. The molecule has 14 heavy (non-hydrogen) atoms. The van der Waals surface area contributed by atoms with E-state index >= 15 is 0 Å². The van der Waals surface area contributed by atoms with Crippen LogP contribution in [0.4, 0.5) is 0 Å². The van der Waals surface area contributed by atoms with Gasteiger partial charge in [-0.05, 0) is 25.7 Å². The molecule has 5 nitrogen and oxygen atoms in total. The van der Waals surface area contributed by atoms with Crippen molar-refractivity contribution in [1.29, 1.82) is 0 Å². The average Bonchev–Trinajstić information content (AvgIpc) is 2.97. The fourth-order valence-electron chi connectivity index (χ4n) is 1.40. The SMILES string of the molecule is CC(CC(N)=NO)NCC(O)C1CC1. The van der Waals surface area contributed by atoms with Gasteiger partial charge in [0.25, 0.3) is 0 Å². The monoisotopic (exact) mass is 201 g/mol. The summed E-state index contributed by atoms with van der Waals surface area (Å²) in [7, 11) is 0. The second-order valence-electron chi connectivity index (χ2n) is 4.01. The van der Waals surface area contributed by atoms with Crippen molar-refractivity contribution < 1.29 is 10.3 Å². The smallest absolute Gasteiger partial charge is 0.140 e. The molecule has 0 radical (unpaired) electrons. The lowest BCUT2D eigenvalue weighted by Crippen LogP contribution is -2.37. The average molecular weight is 201 g/mol. The van der Waals surface area contributed by atoms with Crippen molar-refractivity contribution >= 4 is 5.84 Å². The number of amidine groups is 1. The molecule has 1 rings (SSSR count). The van der Waals surface area contributed by atoms with Crippen molar-refractivity contribution in [2.24, 2.45) is 16.8 Å². The maximum Gasteiger partial charge on any atom is 0.140 e. The third kappa shape index (κ3) is 3.93. The largest absolute Gasteiger partial charge is 0.409 e. The minimum Gasteiger partial charge on any atom is -0.409 e. The van der Waals surface area contributed by atoms with Crippen LogP contribution in [-0.2, 0) is 0 Å². The lowest BCUT2D eigenvalue weighted by molar-refractivity contribution is 0.145. The molecule has 1 saturated carbocycles. The number of nitrogens with one attached hydrogen (secondary N) is 1. The Morgan fingerprint density at radius 3 is 2.79 bits per heavy atom. The molecule has 0 saturated heterocycles. The van der Waals surface area contributed by atoms with Gasteiger partial charge in [-0.2, -0.15) is 0 Å². The summed E-state index contributed by atoms with van der Waals surface area (Å²) < 4.78 is 0. The number of rotatable bonds is 6. The number of nitrogens with two attached hydrogens (primary N) is 1. The number of hydrogen-bond donors (Lipinski definition) is 4. The predicted molar refractivity (Wildman–Crippen MR) is 54.2 cm³/mol. The standard InChI is InChI=1S/C9H19N3O2/c1-6(4-9(10)12-14)11-5-8(13)7-2-3-7/h6-8,11,13-14H,2-5H2,1H3,(H2,10,12). The first-order valence-electron chi connectivity index (χ1n) is 5.01. The van der Waals surface area contributed by atoms with E-state index < -0.39 is 0 Å². The van der Waals surface area contributed by atoms with E-state index in [0.29, 0.717) is 18.9 Å². The normalized spacial score (nSPS) is 22.0. The molecule has 1 fully saturated rings. The van der Waals surface area contributed by atoms with E-state index in [0.717, 1.165) is 12.8 Å². The third-order valence-electron chi connectivity index (χ3n) is 2.49. The Balaban J connectivity index is 2.10. The van der Waals surface area contributed by atoms with Gasteiger partial charge in [-0.15, -0.1) is 0 Å². The van der Waals surface area contributed by atoms with E-state index in [1.54, 1.807) is 0 Å². The van der Waals surface area contributed by atoms with Gasteiger partial charge in [0.2, 0.25) is 0 Å². The quantitative estimate of drug-likeness (QED) is 0.208. The first-order valence-corrected chi connectivity index (χ1v) is 5.01. The number of aliphatic hydroxyl groups is 1. The molecule has 5 heteroatoms. The van der Waals surface area contributed by atoms with Gasteiger partial charge in [-0.25, -0.2) is 0 Å². The highest BCUT2D eigenvalue weighted by Gasteiger charge is 2.29. The van der Waals surface area contributed by atoms with Crippen LogP contribution in [0.25, 0.3) is 0 Å². The molecule has 1 aliphatic carbocycles.